The molecule has 0 aliphatic rings. The van der Waals surface area contributed by atoms with E-state index in [1.807, 2.05) is 36.1 Å². The molecule has 2 aromatic rings. The van der Waals surface area contributed by atoms with Gasteiger partial charge in [-0.2, -0.15) is 5.10 Å². The third kappa shape index (κ3) is 2.57. The van der Waals surface area contributed by atoms with Crippen molar-refractivity contribution in [1.82, 2.24) is 15.1 Å². The third-order valence-corrected chi connectivity index (χ3v) is 3.41. The Morgan fingerprint density at radius 1 is 1.44 bits per heavy atom. The molecular weight excluding hydrogens is 246 g/mol. The van der Waals surface area contributed by atoms with Crippen LogP contribution in [0, 0.1) is 6.92 Å². The number of benzene rings is 1. The summed E-state index contributed by atoms with van der Waals surface area (Å²) in [4.78, 5) is 0. The molecule has 0 aliphatic carbocycles. The van der Waals surface area contributed by atoms with Crippen molar-refractivity contribution in [3.63, 3.8) is 0 Å². The van der Waals surface area contributed by atoms with Gasteiger partial charge >= 0.3 is 0 Å². The maximum atomic E-state index is 6.07. The monoisotopic (exact) mass is 263 g/mol. The zero-order valence-corrected chi connectivity index (χ0v) is 11.7. The Labute approximate surface area is 113 Å². The average Bonchev–Trinajstić information content (AvgIpc) is 2.67. The van der Waals surface area contributed by atoms with Gasteiger partial charge < -0.3 is 5.32 Å². The van der Waals surface area contributed by atoms with Gasteiger partial charge in [0.05, 0.1) is 12.2 Å². The van der Waals surface area contributed by atoms with Crippen molar-refractivity contribution in [2.75, 3.05) is 6.54 Å². The molecule has 1 aromatic heterocycles. The van der Waals surface area contributed by atoms with Crippen LogP contribution in [0.5, 0.6) is 0 Å². The highest BCUT2D eigenvalue weighted by Gasteiger charge is 2.17. The second-order valence-corrected chi connectivity index (χ2v) is 4.79. The van der Waals surface area contributed by atoms with Gasteiger partial charge in [0.1, 0.15) is 0 Å². The highest BCUT2D eigenvalue weighted by Crippen LogP contribution is 2.26. The number of nitrogens with one attached hydrogen (secondary N) is 1. The average molecular weight is 264 g/mol. The van der Waals surface area contributed by atoms with Gasteiger partial charge in [0.15, 0.2) is 0 Å². The summed E-state index contributed by atoms with van der Waals surface area (Å²) < 4.78 is 1.89. The molecule has 0 amide bonds. The highest BCUT2D eigenvalue weighted by molar-refractivity contribution is 6.30. The first-order valence-corrected chi connectivity index (χ1v) is 6.48. The van der Waals surface area contributed by atoms with E-state index < -0.39 is 0 Å². The van der Waals surface area contributed by atoms with Gasteiger partial charge in [-0.1, -0.05) is 30.7 Å². The minimum Gasteiger partial charge on any atom is -0.306 e. The van der Waals surface area contributed by atoms with Crippen LogP contribution in [-0.4, -0.2) is 16.3 Å². The minimum atomic E-state index is 0.141. The third-order valence-electron chi connectivity index (χ3n) is 3.17. The molecule has 1 unspecified atom stereocenters. The van der Waals surface area contributed by atoms with Crippen LogP contribution >= 0.6 is 11.6 Å². The lowest BCUT2D eigenvalue weighted by molar-refractivity contribution is 0.625. The second kappa shape index (κ2) is 5.55. The number of nitrogens with zero attached hydrogens (tertiary/aromatic N) is 2. The quantitative estimate of drug-likeness (QED) is 0.919. The Balaban J connectivity index is 2.43. The number of hydrogen-bond acceptors (Lipinski definition) is 2. The van der Waals surface area contributed by atoms with E-state index in [1.54, 1.807) is 0 Å². The van der Waals surface area contributed by atoms with Crippen molar-refractivity contribution >= 4 is 11.6 Å². The van der Waals surface area contributed by atoms with Crippen LogP contribution < -0.4 is 5.32 Å². The van der Waals surface area contributed by atoms with Crippen LogP contribution in [0.3, 0.4) is 0 Å². The van der Waals surface area contributed by atoms with E-state index in [-0.39, 0.29) is 6.04 Å². The summed E-state index contributed by atoms with van der Waals surface area (Å²) in [6.45, 7) is 5.08. The number of aromatic nitrogens is 2. The lowest BCUT2D eigenvalue weighted by atomic mass is 9.99. The van der Waals surface area contributed by atoms with E-state index in [4.69, 9.17) is 11.6 Å². The molecule has 3 nitrogen and oxygen atoms in total. The normalized spacial score (nSPS) is 12.7. The zero-order chi connectivity index (χ0) is 13.1. The fourth-order valence-electron chi connectivity index (χ4n) is 2.10. The molecule has 1 N–H and O–H groups in total. The van der Waals surface area contributed by atoms with E-state index in [9.17, 15) is 0 Å². The van der Waals surface area contributed by atoms with Gasteiger partial charge in [-0.3, -0.25) is 4.68 Å². The Bertz CT molecular complexity index is 534. The van der Waals surface area contributed by atoms with Gasteiger partial charge in [-0.15, -0.1) is 0 Å². The molecule has 0 aliphatic heterocycles. The molecule has 18 heavy (non-hydrogen) atoms. The van der Waals surface area contributed by atoms with Crippen molar-refractivity contribution in [3.8, 4) is 0 Å². The van der Waals surface area contributed by atoms with Crippen molar-refractivity contribution in [2.45, 2.75) is 19.9 Å². The van der Waals surface area contributed by atoms with E-state index in [0.717, 1.165) is 11.6 Å². The first-order chi connectivity index (χ1) is 8.63. The molecular formula is C14H18ClN3. The standard InChI is InChI=1S/C14H18ClN3/c1-4-16-14(11-6-5-7-12(15)8-11)13-9-17-18(3)10(13)2/h5-9,14,16H,4H2,1-3H3. The van der Waals surface area contributed by atoms with Crippen molar-refractivity contribution < 1.29 is 0 Å². The SMILES string of the molecule is CCNC(c1cccc(Cl)c1)c1cnn(C)c1C. The first kappa shape index (κ1) is 13.1. The Morgan fingerprint density at radius 3 is 2.78 bits per heavy atom. The summed E-state index contributed by atoms with van der Waals surface area (Å²) in [5, 5.41) is 8.56. The number of hydrogen-bond donors (Lipinski definition) is 1. The molecule has 0 saturated carbocycles. The fraction of sp³-hybridized carbons (Fsp3) is 0.357. The predicted octanol–water partition coefficient (Wildman–Crippen LogP) is 3.08. The molecule has 0 saturated heterocycles. The molecule has 4 heteroatoms. The number of aryl methyl sites for hydroxylation is 1. The topological polar surface area (TPSA) is 29.9 Å². The molecule has 0 fully saturated rings. The zero-order valence-electron chi connectivity index (χ0n) is 10.9. The van der Waals surface area contributed by atoms with Gasteiger partial charge in [-0.25, -0.2) is 0 Å². The molecule has 0 radical (unpaired) electrons. The highest BCUT2D eigenvalue weighted by atomic mass is 35.5. The molecule has 1 aromatic carbocycles. The van der Waals surface area contributed by atoms with Gasteiger partial charge in [0.25, 0.3) is 0 Å². The maximum Gasteiger partial charge on any atom is 0.0611 e. The summed E-state index contributed by atoms with van der Waals surface area (Å²) >= 11 is 6.07. The van der Waals surface area contributed by atoms with Crippen LogP contribution in [0.1, 0.15) is 29.8 Å². The fourth-order valence-corrected chi connectivity index (χ4v) is 2.30. The van der Waals surface area contributed by atoms with Crippen LogP contribution in [0.2, 0.25) is 5.02 Å². The summed E-state index contributed by atoms with van der Waals surface area (Å²) in [5.41, 5.74) is 3.53. The Morgan fingerprint density at radius 2 is 2.22 bits per heavy atom. The van der Waals surface area contributed by atoms with E-state index in [0.29, 0.717) is 0 Å². The lowest BCUT2D eigenvalue weighted by Crippen LogP contribution is -2.22. The molecule has 2 rings (SSSR count). The first-order valence-electron chi connectivity index (χ1n) is 6.10. The summed E-state index contributed by atoms with van der Waals surface area (Å²) in [6.07, 6.45) is 1.92. The number of rotatable bonds is 4. The van der Waals surface area contributed by atoms with Gasteiger partial charge in [-0.05, 0) is 31.2 Å². The Kier molecular flexibility index (Phi) is 4.04. The summed E-state index contributed by atoms with van der Waals surface area (Å²) in [6, 6.07) is 8.10. The van der Waals surface area contributed by atoms with Crippen LogP contribution in [0.25, 0.3) is 0 Å². The van der Waals surface area contributed by atoms with Crippen LogP contribution in [0.15, 0.2) is 30.5 Å². The smallest absolute Gasteiger partial charge is 0.0611 e. The second-order valence-electron chi connectivity index (χ2n) is 4.35. The van der Waals surface area contributed by atoms with Gasteiger partial charge in [0, 0.05) is 23.3 Å². The van der Waals surface area contributed by atoms with E-state index in [2.05, 4.69) is 30.3 Å². The van der Waals surface area contributed by atoms with Crippen molar-refractivity contribution in [3.05, 3.63) is 52.3 Å². The number of halogens is 1. The van der Waals surface area contributed by atoms with Crippen molar-refractivity contribution in [1.29, 1.82) is 0 Å². The van der Waals surface area contributed by atoms with Crippen LogP contribution in [-0.2, 0) is 7.05 Å². The lowest BCUT2D eigenvalue weighted by Gasteiger charge is -2.18. The minimum absolute atomic E-state index is 0.141. The molecule has 0 bridgehead atoms. The maximum absolute atomic E-state index is 6.07. The predicted molar refractivity (Wildman–Crippen MR) is 74.9 cm³/mol. The molecule has 0 spiro atoms. The summed E-state index contributed by atoms with van der Waals surface area (Å²) in [7, 11) is 1.96. The van der Waals surface area contributed by atoms with E-state index >= 15 is 0 Å². The largest absolute Gasteiger partial charge is 0.306 e. The molecule has 1 heterocycles. The summed E-state index contributed by atoms with van der Waals surface area (Å²) in [5.74, 6) is 0. The molecule has 96 valence electrons. The van der Waals surface area contributed by atoms with E-state index in [1.165, 1.54) is 16.8 Å². The van der Waals surface area contributed by atoms with Crippen LogP contribution in [0.4, 0.5) is 0 Å². The molecule has 1 atom stereocenters. The van der Waals surface area contributed by atoms with Gasteiger partial charge in [0.2, 0.25) is 0 Å². The van der Waals surface area contributed by atoms with Crippen molar-refractivity contribution in [2.24, 2.45) is 7.05 Å². The Hall–Kier alpha value is -1.32.